The fourth-order valence-electron chi connectivity index (χ4n) is 3.32. The molecule has 3 unspecified atom stereocenters. The number of nitrogens with two attached hydrogens (primary N) is 1. The van der Waals surface area contributed by atoms with Crippen molar-refractivity contribution in [3.63, 3.8) is 0 Å². The van der Waals surface area contributed by atoms with E-state index in [9.17, 15) is 0 Å². The predicted molar refractivity (Wildman–Crippen MR) is 70.7 cm³/mol. The van der Waals surface area contributed by atoms with Crippen molar-refractivity contribution in [2.75, 3.05) is 5.73 Å². The maximum atomic E-state index is 6.07. The molecular weight excluding hydrogens is 250 g/mol. The second kappa shape index (κ2) is 3.62. The lowest BCUT2D eigenvalue weighted by molar-refractivity contribution is 0.0945. The minimum absolute atomic E-state index is 0.297. The molecule has 94 valence electrons. The molecule has 4 rings (SSSR count). The first-order valence-corrected chi connectivity index (χ1v) is 6.68. The summed E-state index contributed by atoms with van der Waals surface area (Å²) in [6, 6.07) is 6.07. The highest BCUT2D eigenvalue weighted by Crippen LogP contribution is 2.43. The zero-order valence-corrected chi connectivity index (χ0v) is 10.6. The van der Waals surface area contributed by atoms with Gasteiger partial charge in [0, 0.05) is 5.02 Å². The molecule has 5 heteroatoms. The molecule has 2 fully saturated rings. The smallest absolute Gasteiger partial charge is 0.201 e. The summed E-state index contributed by atoms with van der Waals surface area (Å²) in [5, 5.41) is 0.691. The average molecular weight is 264 g/mol. The number of nitrogens with zero attached hydrogens (tertiary/aromatic N) is 2. The summed E-state index contributed by atoms with van der Waals surface area (Å²) in [6.45, 7) is 0. The van der Waals surface area contributed by atoms with E-state index < -0.39 is 0 Å². The third-order valence-corrected chi connectivity index (χ3v) is 4.32. The third-order valence-electron chi connectivity index (χ3n) is 4.08. The number of imidazole rings is 1. The maximum Gasteiger partial charge on any atom is 0.201 e. The third kappa shape index (κ3) is 1.39. The molecule has 3 atom stereocenters. The molecule has 2 saturated heterocycles. The number of hydrogen-bond donors (Lipinski definition) is 1. The molecule has 1 aromatic heterocycles. The molecule has 3 heterocycles. The van der Waals surface area contributed by atoms with Crippen LogP contribution in [0.25, 0.3) is 11.0 Å². The van der Waals surface area contributed by atoms with Gasteiger partial charge < -0.3 is 15.0 Å². The summed E-state index contributed by atoms with van der Waals surface area (Å²) in [7, 11) is 0. The van der Waals surface area contributed by atoms with Crippen LogP contribution in [-0.4, -0.2) is 21.8 Å². The van der Waals surface area contributed by atoms with Crippen LogP contribution in [-0.2, 0) is 4.74 Å². The molecule has 18 heavy (non-hydrogen) atoms. The van der Waals surface area contributed by atoms with E-state index in [1.165, 1.54) is 6.42 Å². The van der Waals surface area contributed by atoms with Gasteiger partial charge in [-0.2, -0.15) is 0 Å². The van der Waals surface area contributed by atoms with Crippen molar-refractivity contribution < 1.29 is 4.74 Å². The van der Waals surface area contributed by atoms with Gasteiger partial charge in [0.25, 0.3) is 0 Å². The Morgan fingerprint density at radius 1 is 1.39 bits per heavy atom. The Bertz CT molecular complexity index is 624. The van der Waals surface area contributed by atoms with Gasteiger partial charge in [0.15, 0.2) is 0 Å². The first-order chi connectivity index (χ1) is 8.72. The van der Waals surface area contributed by atoms with E-state index in [1.807, 2.05) is 18.2 Å². The Kier molecular flexibility index (Phi) is 2.14. The van der Waals surface area contributed by atoms with Crippen molar-refractivity contribution in [1.29, 1.82) is 0 Å². The van der Waals surface area contributed by atoms with Crippen molar-refractivity contribution >= 4 is 28.6 Å². The van der Waals surface area contributed by atoms with E-state index in [1.54, 1.807) is 0 Å². The fourth-order valence-corrected chi connectivity index (χ4v) is 3.49. The van der Waals surface area contributed by atoms with Gasteiger partial charge >= 0.3 is 0 Å². The topological polar surface area (TPSA) is 53.1 Å². The molecule has 0 aliphatic carbocycles. The van der Waals surface area contributed by atoms with E-state index in [-0.39, 0.29) is 0 Å². The number of anilines is 1. The van der Waals surface area contributed by atoms with Gasteiger partial charge in [-0.25, -0.2) is 4.98 Å². The first-order valence-electron chi connectivity index (χ1n) is 6.31. The molecule has 0 spiro atoms. The second-order valence-electron chi connectivity index (χ2n) is 5.15. The summed E-state index contributed by atoms with van der Waals surface area (Å²) < 4.78 is 8.03. The lowest BCUT2D eigenvalue weighted by atomic mass is 9.95. The van der Waals surface area contributed by atoms with Gasteiger partial charge in [0.2, 0.25) is 5.95 Å². The summed E-state index contributed by atoms with van der Waals surface area (Å²) in [5.74, 6) is 0.563. The van der Waals surface area contributed by atoms with Crippen molar-refractivity contribution in [2.45, 2.75) is 37.5 Å². The number of rotatable bonds is 1. The molecule has 4 nitrogen and oxygen atoms in total. The quantitative estimate of drug-likeness (QED) is 0.861. The number of halogens is 1. The standard InChI is InChI=1S/C13H14ClN3O/c14-7-1-3-10-9(5-7)16-13(15)17(10)11-6-8-2-4-12(11)18-8/h1,3,5,8,11-12H,2,4,6H2,(H2,15,16). The number of nitrogen functional groups attached to an aromatic ring is 1. The Morgan fingerprint density at radius 2 is 2.28 bits per heavy atom. The van der Waals surface area contributed by atoms with E-state index in [4.69, 9.17) is 22.1 Å². The van der Waals surface area contributed by atoms with Gasteiger partial charge in [-0.15, -0.1) is 0 Å². The Hall–Kier alpha value is -1.26. The molecule has 2 N–H and O–H groups in total. The second-order valence-corrected chi connectivity index (χ2v) is 5.59. The first kappa shape index (κ1) is 10.6. The lowest BCUT2D eigenvalue weighted by Gasteiger charge is -2.21. The zero-order chi connectivity index (χ0) is 12.3. The average Bonchev–Trinajstić information content (AvgIpc) is 3.00. The van der Waals surface area contributed by atoms with Gasteiger partial charge in [0.05, 0.1) is 29.3 Å². The number of fused-ring (bicyclic) bond motifs is 3. The highest BCUT2D eigenvalue weighted by molar-refractivity contribution is 6.31. The zero-order valence-electron chi connectivity index (χ0n) is 9.84. The SMILES string of the molecule is Nc1nc2cc(Cl)ccc2n1C1CC2CCC1O2. The molecule has 0 radical (unpaired) electrons. The van der Waals surface area contributed by atoms with Crippen molar-refractivity contribution in [3.8, 4) is 0 Å². The minimum Gasteiger partial charge on any atom is -0.373 e. The molecular formula is C13H14ClN3O. The molecule has 0 saturated carbocycles. The summed E-state index contributed by atoms with van der Waals surface area (Å²) >= 11 is 5.99. The summed E-state index contributed by atoms with van der Waals surface area (Å²) in [5.41, 5.74) is 7.99. The van der Waals surface area contributed by atoms with Crippen molar-refractivity contribution in [2.24, 2.45) is 0 Å². The monoisotopic (exact) mass is 263 g/mol. The minimum atomic E-state index is 0.297. The van der Waals surface area contributed by atoms with Crippen LogP contribution in [0.5, 0.6) is 0 Å². The summed E-state index contributed by atoms with van der Waals surface area (Å²) in [6.07, 6.45) is 4.05. The highest BCUT2D eigenvalue weighted by atomic mass is 35.5. The van der Waals surface area contributed by atoms with Crippen LogP contribution >= 0.6 is 11.6 Å². The van der Waals surface area contributed by atoms with Crippen LogP contribution in [0, 0.1) is 0 Å². The van der Waals surface area contributed by atoms with Crippen LogP contribution in [0.1, 0.15) is 25.3 Å². The number of ether oxygens (including phenoxy) is 1. The Balaban J connectivity index is 1.87. The van der Waals surface area contributed by atoms with Crippen molar-refractivity contribution in [1.82, 2.24) is 9.55 Å². The lowest BCUT2D eigenvalue weighted by Crippen LogP contribution is -2.22. The molecule has 2 aromatic rings. The van der Waals surface area contributed by atoms with Gasteiger partial charge in [0.1, 0.15) is 0 Å². The van der Waals surface area contributed by atoms with Gasteiger partial charge in [-0.05, 0) is 37.5 Å². The molecule has 2 aliphatic rings. The molecule has 0 amide bonds. The van der Waals surface area contributed by atoms with Crippen LogP contribution in [0.3, 0.4) is 0 Å². The van der Waals surface area contributed by atoms with E-state index >= 15 is 0 Å². The predicted octanol–water partition coefficient (Wildman–Crippen LogP) is 2.76. The van der Waals surface area contributed by atoms with Crippen LogP contribution in [0.15, 0.2) is 18.2 Å². The molecule has 2 aliphatic heterocycles. The normalized spacial score (nSPS) is 30.4. The fraction of sp³-hybridized carbons (Fsp3) is 0.462. The maximum absolute atomic E-state index is 6.07. The van der Waals surface area contributed by atoms with Gasteiger partial charge in [-0.1, -0.05) is 11.6 Å². The number of hydrogen-bond acceptors (Lipinski definition) is 3. The van der Waals surface area contributed by atoms with Crippen molar-refractivity contribution in [3.05, 3.63) is 23.2 Å². The molecule has 2 bridgehead atoms. The Morgan fingerprint density at radius 3 is 3.00 bits per heavy atom. The van der Waals surface area contributed by atoms with Crippen LogP contribution in [0.2, 0.25) is 5.02 Å². The largest absolute Gasteiger partial charge is 0.373 e. The number of benzene rings is 1. The molecule has 1 aromatic carbocycles. The highest BCUT2D eigenvalue weighted by Gasteiger charge is 2.42. The van der Waals surface area contributed by atoms with E-state index in [2.05, 4.69) is 9.55 Å². The Labute approximate surface area is 110 Å². The van der Waals surface area contributed by atoms with Crippen LogP contribution in [0.4, 0.5) is 5.95 Å². The number of aromatic nitrogens is 2. The van der Waals surface area contributed by atoms with Crippen LogP contribution < -0.4 is 5.73 Å². The van der Waals surface area contributed by atoms with Gasteiger partial charge in [-0.3, -0.25) is 0 Å². The van der Waals surface area contributed by atoms with E-state index in [0.717, 1.165) is 23.9 Å². The summed E-state index contributed by atoms with van der Waals surface area (Å²) in [4.78, 5) is 4.40. The van der Waals surface area contributed by atoms with E-state index in [0.29, 0.717) is 29.2 Å².